The van der Waals surface area contributed by atoms with Crippen LogP contribution >= 0.6 is 28.3 Å². The van der Waals surface area contributed by atoms with Crippen molar-refractivity contribution in [1.82, 2.24) is 4.98 Å². The monoisotopic (exact) mass is 469 g/mol. The molecule has 0 radical (unpaired) electrons. The molecule has 0 saturated carbocycles. The Morgan fingerprint density at radius 2 is 1.93 bits per heavy atom. The molecule has 0 amide bonds. The van der Waals surface area contributed by atoms with Crippen molar-refractivity contribution in [3.8, 4) is 28.5 Å². The molecule has 28 heavy (non-hydrogen) atoms. The lowest BCUT2D eigenvalue weighted by atomic mass is 10.2. The lowest BCUT2D eigenvalue weighted by Crippen LogP contribution is -2.01. The minimum absolute atomic E-state index is 0. The van der Waals surface area contributed by atoms with Crippen molar-refractivity contribution >= 4 is 39.7 Å². The third-order valence-corrected chi connectivity index (χ3v) is 4.40. The Hall–Kier alpha value is -2.72. The molecule has 0 fully saturated rings. The molecule has 4 rings (SSSR count). The highest BCUT2D eigenvalue weighted by atomic mass is 79.9. The van der Waals surface area contributed by atoms with Crippen molar-refractivity contribution in [3.05, 3.63) is 53.4 Å². The predicted molar refractivity (Wildman–Crippen MR) is 108 cm³/mol. The lowest BCUT2D eigenvalue weighted by Gasteiger charge is -2.04. The summed E-state index contributed by atoms with van der Waals surface area (Å²) in [6, 6.07) is 11.8. The summed E-state index contributed by atoms with van der Waals surface area (Å²) in [6.45, 7) is -2.61. The van der Waals surface area contributed by atoms with Gasteiger partial charge in [-0.3, -0.25) is 5.43 Å². The zero-order chi connectivity index (χ0) is 18.6. The van der Waals surface area contributed by atoms with Crippen molar-refractivity contribution < 1.29 is 23.0 Å². The first kappa shape index (κ1) is 20.0. The molecule has 0 bridgehead atoms. The SMILES string of the molecule is Br.FC(F)Oc1ccc(-c2csc(N/N=C/c3ccc4c(c3)OCO4)n2)cc1. The third kappa shape index (κ3) is 4.76. The van der Waals surface area contributed by atoms with E-state index in [1.165, 1.54) is 23.5 Å². The van der Waals surface area contributed by atoms with Gasteiger partial charge in [0.05, 0.1) is 11.9 Å². The summed E-state index contributed by atoms with van der Waals surface area (Å²) in [4.78, 5) is 4.42. The Kier molecular flexibility index (Phi) is 6.42. The minimum atomic E-state index is -2.84. The average Bonchev–Trinajstić information content (AvgIpc) is 3.31. The number of nitrogens with zero attached hydrogens (tertiary/aromatic N) is 2. The first-order valence-electron chi connectivity index (χ1n) is 7.87. The van der Waals surface area contributed by atoms with Crippen LogP contribution < -0.4 is 19.6 Å². The van der Waals surface area contributed by atoms with E-state index >= 15 is 0 Å². The fourth-order valence-electron chi connectivity index (χ4n) is 2.42. The van der Waals surface area contributed by atoms with Gasteiger partial charge in [0.25, 0.3) is 0 Å². The van der Waals surface area contributed by atoms with Crippen LogP contribution in [0.3, 0.4) is 0 Å². The fraction of sp³-hybridized carbons (Fsp3) is 0.111. The number of benzene rings is 2. The molecule has 0 spiro atoms. The van der Waals surface area contributed by atoms with Crippen LogP contribution in [0.5, 0.6) is 17.2 Å². The highest BCUT2D eigenvalue weighted by molar-refractivity contribution is 8.93. The molecule has 2 heterocycles. The van der Waals surface area contributed by atoms with E-state index in [0.29, 0.717) is 16.6 Å². The van der Waals surface area contributed by atoms with E-state index in [4.69, 9.17) is 9.47 Å². The molecule has 10 heteroatoms. The van der Waals surface area contributed by atoms with Crippen LogP contribution in [0.4, 0.5) is 13.9 Å². The van der Waals surface area contributed by atoms with Crippen molar-refractivity contribution in [1.29, 1.82) is 0 Å². The second kappa shape index (κ2) is 8.98. The second-order valence-electron chi connectivity index (χ2n) is 5.42. The molecular formula is C18H14BrF2N3O3S. The molecule has 6 nitrogen and oxygen atoms in total. The predicted octanol–water partition coefficient (Wildman–Crippen LogP) is 5.16. The van der Waals surface area contributed by atoms with E-state index in [2.05, 4.69) is 20.2 Å². The van der Waals surface area contributed by atoms with Gasteiger partial charge < -0.3 is 14.2 Å². The maximum absolute atomic E-state index is 12.2. The maximum atomic E-state index is 12.2. The number of nitrogens with one attached hydrogen (secondary N) is 1. The molecule has 3 aromatic rings. The molecule has 0 aliphatic carbocycles. The van der Waals surface area contributed by atoms with E-state index in [0.717, 1.165) is 16.9 Å². The molecule has 146 valence electrons. The highest BCUT2D eigenvalue weighted by Crippen LogP contribution is 2.32. The van der Waals surface area contributed by atoms with E-state index in [1.54, 1.807) is 18.3 Å². The van der Waals surface area contributed by atoms with Crippen LogP contribution in [0.1, 0.15) is 5.56 Å². The molecule has 0 unspecified atom stereocenters. The fourth-order valence-corrected chi connectivity index (χ4v) is 3.09. The highest BCUT2D eigenvalue weighted by Gasteiger charge is 2.12. The number of aromatic nitrogens is 1. The summed E-state index contributed by atoms with van der Waals surface area (Å²) < 4.78 is 39.3. The number of hydrogen-bond donors (Lipinski definition) is 1. The van der Waals surface area contributed by atoms with Gasteiger partial charge in [-0.15, -0.1) is 28.3 Å². The Balaban J connectivity index is 0.00000225. The van der Waals surface area contributed by atoms with Crippen LogP contribution in [0.2, 0.25) is 0 Å². The Labute approximate surface area is 173 Å². The van der Waals surface area contributed by atoms with E-state index in [1.807, 2.05) is 23.6 Å². The number of thiazole rings is 1. The summed E-state index contributed by atoms with van der Waals surface area (Å²) in [6.07, 6.45) is 1.65. The van der Waals surface area contributed by atoms with Gasteiger partial charge in [-0.25, -0.2) is 4.98 Å². The van der Waals surface area contributed by atoms with E-state index in [9.17, 15) is 8.78 Å². The van der Waals surface area contributed by atoms with Gasteiger partial charge in [-0.05, 0) is 48.0 Å². The molecule has 1 aromatic heterocycles. The summed E-state index contributed by atoms with van der Waals surface area (Å²) >= 11 is 1.38. The molecule has 1 aliphatic heterocycles. The first-order valence-corrected chi connectivity index (χ1v) is 8.75. The normalized spacial score (nSPS) is 12.2. The summed E-state index contributed by atoms with van der Waals surface area (Å²) in [5.74, 6) is 1.51. The van der Waals surface area contributed by atoms with Crippen molar-refractivity contribution in [2.75, 3.05) is 12.2 Å². The topological polar surface area (TPSA) is 65.0 Å². The molecule has 1 N–H and O–H groups in total. The van der Waals surface area contributed by atoms with Crippen LogP contribution in [0, 0.1) is 0 Å². The molecule has 1 aliphatic rings. The number of fused-ring (bicyclic) bond motifs is 1. The number of hydrogen-bond acceptors (Lipinski definition) is 7. The largest absolute Gasteiger partial charge is 0.454 e. The van der Waals surface area contributed by atoms with Gasteiger partial charge in [0.15, 0.2) is 11.5 Å². The summed E-state index contributed by atoms with van der Waals surface area (Å²) in [5.41, 5.74) is 5.23. The number of alkyl halides is 2. The zero-order valence-electron chi connectivity index (χ0n) is 14.2. The van der Waals surface area contributed by atoms with Gasteiger partial charge in [-0.1, -0.05) is 0 Å². The summed E-state index contributed by atoms with van der Waals surface area (Å²) in [5, 5.41) is 6.62. The molecule has 2 aromatic carbocycles. The quantitative estimate of drug-likeness (QED) is 0.398. The Bertz CT molecular complexity index is 967. The Morgan fingerprint density at radius 3 is 2.71 bits per heavy atom. The smallest absolute Gasteiger partial charge is 0.387 e. The Morgan fingerprint density at radius 1 is 1.14 bits per heavy atom. The third-order valence-electron chi connectivity index (χ3n) is 3.65. The van der Waals surface area contributed by atoms with Crippen molar-refractivity contribution in [2.45, 2.75) is 6.61 Å². The lowest BCUT2D eigenvalue weighted by molar-refractivity contribution is -0.0498. The van der Waals surface area contributed by atoms with Gasteiger partial charge in [0.1, 0.15) is 5.75 Å². The number of halogens is 3. The minimum Gasteiger partial charge on any atom is -0.454 e. The van der Waals surface area contributed by atoms with Crippen molar-refractivity contribution in [2.24, 2.45) is 5.10 Å². The molecule has 0 atom stereocenters. The van der Waals surface area contributed by atoms with E-state index < -0.39 is 6.61 Å². The standard InChI is InChI=1S/C18H13F2N3O3S.BrH/c19-17(20)26-13-4-2-12(3-5-13)14-9-27-18(22-14)23-21-8-11-1-6-15-16(7-11)25-10-24-15;/h1-9,17H,10H2,(H,22,23);1H/b21-8+;. The number of rotatable bonds is 6. The van der Waals surface area contributed by atoms with Crippen LogP contribution in [0.25, 0.3) is 11.3 Å². The van der Waals surface area contributed by atoms with Gasteiger partial charge >= 0.3 is 6.61 Å². The first-order chi connectivity index (χ1) is 13.2. The van der Waals surface area contributed by atoms with Crippen molar-refractivity contribution in [3.63, 3.8) is 0 Å². The van der Waals surface area contributed by atoms with Crippen LogP contribution in [0.15, 0.2) is 52.9 Å². The molecule has 0 saturated heterocycles. The maximum Gasteiger partial charge on any atom is 0.387 e. The van der Waals surface area contributed by atoms with Crippen LogP contribution in [-0.4, -0.2) is 24.6 Å². The molecular weight excluding hydrogens is 456 g/mol. The average molecular weight is 470 g/mol. The number of anilines is 1. The van der Waals surface area contributed by atoms with Gasteiger partial charge in [0.2, 0.25) is 11.9 Å². The van der Waals surface area contributed by atoms with Gasteiger partial charge in [0, 0.05) is 10.9 Å². The number of ether oxygens (including phenoxy) is 3. The van der Waals surface area contributed by atoms with Gasteiger partial charge in [-0.2, -0.15) is 13.9 Å². The second-order valence-corrected chi connectivity index (χ2v) is 6.28. The van der Waals surface area contributed by atoms with Crippen LogP contribution in [-0.2, 0) is 0 Å². The zero-order valence-corrected chi connectivity index (χ0v) is 16.7. The summed E-state index contributed by atoms with van der Waals surface area (Å²) in [7, 11) is 0. The van der Waals surface area contributed by atoms with E-state index in [-0.39, 0.29) is 29.5 Å². The number of hydrazone groups is 1.